The number of rotatable bonds is 8. The third-order valence-corrected chi connectivity index (χ3v) is 5.73. The second kappa shape index (κ2) is 9.68. The molecule has 30 heavy (non-hydrogen) atoms. The fourth-order valence-corrected chi connectivity index (χ4v) is 4.10. The van der Waals surface area contributed by atoms with Crippen LogP contribution in [0.2, 0.25) is 0 Å². The van der Waals surface area contributed by atoms with Gasteiger partial charge in [-0.2, -0.15) is 17.9 Å². The summed E-state index contributed by atoms with van der Waals surface area (Å²) in [5.41, 5.74) is -0.431. The molecule has 0 unspecified atom stereocenters. The van der Waals surface area contributed by atoms with E-state index < -0.39 is 49.8 Å². The normalized spacial score (nSPS) is 17.9. The first kappa shape index (κ1) is 24.0. The largest absolute Gasteiger partial charge is 0.465 e. The maximum atomic E-state index is 13.9. The zero-order chi connectivity index (χ0) is 22.5. The lowest BCUT2D eigenvalue weighted by Crippen LogP contribution is -2.63. The molecule has 0 bridgehead atoms. The van der Waals surface area contributed by atoms with Gasteiger partial charge in [0.15, 0.2) is 0 Å². The van der Waals surface area contributed by atoms with Crippen molar-refractivity contribution in [2.24, 2.45) is 0 Å². The average Bonchev–Trinajstić information content (AvgIpc) is 2.68. The second-order valence-corrected chi connectivity index (χ2v) is 7.95. The van der Waals surface area contributed by atoms with E-state index in [9.17, 15) is 36.5 Å². The van der Waals surface area contributed by atoms with Gasteiger partial charge in [0, 0.05) is 25.2 Å². The second-order valence-electron chi connectivity index (χ2n) is 6.24. The number of ether oxygens (including phenoxy) is 2. The van der Waals surface area contributed by atoms with E-state index in [1.165, 1.54) is 11.6 Å². The van der Waals surface area contributed by atoms with Crippen LogP contribution in [0, 0.1) is 10.1 Å². The predicted molar refractivity (Wildman–Crippen MR) is 96.1 cm³/mol. The van der Waals surface area contributed by atoms with Crippen LogP contribution in [0.4, 0.5) is 18.9 Å². The number of nitrogens with zero attached hydrogens (tertiary/aromatic N) is 2. The van der Waals surface area contributed by atoms with Gasteiger partial charge in [0.1, 0.15) is 12.1 Å². The molecule has 1 aromatic rings. The summed E-state index contributed by atoms with van der Waals surface area (Å²) in [6, 6.07) is -1.47. The minimum Gasteiger partial charge on any atom is -0.465 e. The Labute approximate surface area is 170 Å². The molecule has 0 amide bonds. The number of nitro benzene ring substituents is 1. The number of hydrogen-bond acceptors (Lipinski definition) is 8. The van der Waals surface area contributed by atoms with Crippen LogP contribution in [0.1, 0.15) is 6.92 Å². The fourth-order valence-electron chi connectivity index (χ4n) is 2.87. The SMILES string of the molecule is CCOC(=O)[C@H]([C@H](NS(=O)(=O)c1ccc([N+](=O)[O-])cc1)C(F)(F)F)N1CCOCC1. The van der Waals surface area contributed by atoms with Gasteiger partial charge in [-0.25, -0.2) is 8.42 Å². The van der Waals surface area contributed by atoms with E-state index in [0.717, 1.165) is 29.2 Å². The van der Waals surface area contributed by atoms with Crippen LogP contribution in [0.3, 0.4) is 0 Å². The Kier molecular flexibility index (Phi) is 7.74. The number of non-ortho nitro benzene ring substituents is 1. The Morgan fingerprint density at radius 1 is 1.30 bits per heavy atom. The van der Waals surface area contributed by atoms with Crippen molar-refractivity contribution in [1.29, 1.82) is 0 Å². The molecule has 1 saturated heterocycles. The summed E-state index contributed by atoms with van der Waals surface area (Å²) in [5.74, 6) is -1.23. The quantitative estimate of drug-likeness (QED) is 0.350. The molecule has 0 spiro atoms. The van der Waals surface area contributed by atoms with Gasteiger partial charge in [0.25, 0.3) is 5.69 Å². The lowest BCUT2D eigenvalue weighted by molar-refractivity contribution is -0.384. The van der Waals surface area contributed by atoms with Crippen molar-refractivity contribution >= 4 is 21.7 Å². The number of benzene rings is 1. The number of nitrogens with one attached hydrogen (secondary N) is 1. The highest BCUT2D eigenvalue weighted by Crippen LogP contribution is 2.28. The Bertz CT molecular complexity index is 856. The predicted octanol–water partition coefficient (Wildman–Crippen LogP) is 1.07. The number of hydrogen-bond donors (Lipinski definition) is 1. The number of esters is 1. The van der Waals surface area contributed by atoms with Crippen LogP contribution >= 0.6 is 0 Å². The molecular formula is C16H20F3N3O7S. The van der Waals surface area contributed by atoms with Crippen molar-refractivity contribution in [3.05, 3.63) is 34.4 Å². The average molecular weight is 455 g/mol. The smallest absolute Gasteiger partial charge is 0.407 e. The molecular weight excluding hydrogens is 435 g/mol. The topological polar surface area (TPSA) is 128 Å². The first-order valence-electron chi connectivity index (χ1n) is 8.79. The van der Waals surface area contributed by atoms with Gasteiger partial charge in [0.05, 0.1) is 29.6 Å². The summed E-state index contributed by atoms with van der Waals surface area (Å²) in [6.45, 7) is 1.28. The van der Waals surface area contributed by atoms with Gasteiger partial charge >= 0.3 is 12.1 Å². The standard InChI is InChI=1S/C16H20F3N3O7S/c1-2-29-15(23)13(21-7-9-28-10-8-21)14(16(17,18)19)20-30(26,27)12-5-3-11(4-6-12)22(24)25/h3-6,13-14,20H,2,7-10H2,1H3/t13-,14-/m0/s1. The molecule has 0 aromatic heterocycles. The highest BCUT2D eigenvalue weighted by Gasteiger charge is 2.52. The summed E-state index contributed by atoms with van der Waals surface area (Å²) in [7, 11) is -4.78. The molecule has 168 valence electrons. The van der Waals surface area contributed by atoms with Crippen molar-refractivity contribution in [3.8, 4) is 0 Å². The lowest BCUT2D eigenvalue weighted by Gasteiger charge is -2.37. The van der Waals surface area contributed by atoms with Crippen molar-refractivity contribution in [2.75, 3.05) is 32.9 Å². The van der Waals surface area contributed by atoms with E-state index in [-0.39, 0.29) is 32.9 Å². The summed E-state index contributed by atoms with van der Waals surface area (Å²) in [5, 5.41) is 10.7. The summed E-state index contributed by atoms with van der Waals surface area (Å²) >= 11 is 0. The van der Waals surface area contributed by atoms with E-state index in [1.54, 1.807) is 0 Å². The van der Waals surface area contributed by atoms with E-state index in [0.29, 0.717) is 0 Å². The molecule has 1 aliphatic rings. The summed E-state index contributed by atoms with van der Waals surface area (Å²) in [6.07, 6.45) is -5.14. The molecule has 1 N–H and O–H groups in total. The number of carbonyl (C=O) groups excluding carboxylic acids is 1. The van der Waals surface area contributed by atoms with Crippen molar-refractivity contribution in [3.63, 3.8) is 0 Å². The van der Waals surface area contributed by atoms with E-state index >= 15 is 0 Å². The van der Waals surface area contributed by atoms with Gasteiger partial charge in [-0.15, -0.1) is 0 Å². The molecule has 0 aliphatic carbocycles. The number of carbonyl (C=O) groups is 1. The first-order valence-corrected chi connectivity index (χ1v) is 10.3. The highest BCUT2D eigenvalue weighted by atomic mass is 32.2. The van der Waals surface area contributed by atoms with Gasteiger partial charge in [-0.3, -0.25) is 19.8 Å². The monoisotopic (exact) mass is 455 g/mol. The molecule has 10 nitrogen and oxygen atoms in total. The van der Waals surface area contributed by atoms with Gasteiger partial charge < -0.3 is 9.47 Å². The van der Waals surface area contributed by atoms with E-state index in [2.05, 4.69) is 0 Å². The minimum atomic E-state index is -5.14. The van der Waals surface area contributed by atoms with Gasteiger partial charge in [0.2, 0.25) is 10.0 Å². The molecule has 1 aromatic carbocycles. The number of nitro groups is 1. The number of alkyl halides is 3. The fraction of sp³-hybridized carbons (Fsp3) is 0.562. The highest BCUT2D eigenvalue weighted by molar-refractivity contribution is 7.89. The molecule has 2 atom stereocenters. The molecule has 0 saturated carbocycles. The molecule has 1 aliphatic heterocycles. The Morgan fingerprint density at radius 2 is 1.87 bits per heavy atom. The molecule has 1 fully saturated rings. The van der Waals surface area contributed by atoms with Crippen molar-refractivity contribution in [1.82, 2.24) is 9.62 Å². The number of sulfonamides is 1. The summed E-state index contributed by atoms with van der Waals surface area (Å²) in [4.78, 5) is 22.8. The van der Waals surface area contributed by atoms with Crippen LogP contribution in [-0.2, 0) is 24.3 Å². The van der Waals surface area contributed by atoms with Gasteiger partial charge in [-0.05, 0) is 19.1 Å². The molecule has 14 heteroatoms. The number of halogens is 3. The van der Waals surface area contributed by atoms with Gasteiger partial charge in [-0.1, -0.05) is 0 Å². The maximum absolute atomic E-state index is 13.9. The lowest BCUT2D eigenvalue weighted by atomic mass is 10.1. The van der Waals surface area contributed by atoms with Crippen LogP contribution < -0.4 is 4.72 Å². The minimum absolute atomic E-state index is 0.0324. The van der Waals surface area contributed by atoms with E-state index in [1.807, 2.05) is 0 Å². The van der Waals surface area contributed by atoms with Crippen molar-refractivity contribution in [2.45, 2.75) is 30.1 Å². The third kappa shape index (κ3) is 5.87. The van der Waals surface area contributed by atoms with Crippen molar-refractivity contribution < 1.29 is 40.8 Å². The summed E-state index contributed by atoms with van der Waals surface area (Å²) < 4.78 is 78.1. The first-order chi connectivity index (χ1) is 14.0. The zero-order valence-electron chi connectivity index (χ0n) is 15.8. The van der Waals surface area contributed by atoms with Crippen LogP contribution in [0.25, 0.3) is 0 Å². The molecule has 1 heterocycles. The number of morpholine rings is 1. The van der Waals surface area contributed by atoms with Crippen LogP contribution in [-0.4, -0.2) is 75.4 Å². The van der Waals surface area contributed by atoms with E-state index in [4.69, 9.17) is 9.47 Å². The van der Waals surface area contributed by atoms with Crippen LogP contribution in [0.5, 0.6) is 0 Å². The molecule has 2 rings (SSSR count). The Balaban J connectivity index is 2.40. The molecule has 0 radical (unpaired) electrons. The third-order valence-electron chi connectivity index (χ3n) is 4.28. The zero-order valence-corrected chi connectivity index (χ0v) is 16.6. The Morgan fingerprint density at radius 3 is 2.33 bits per heavy atom. The van der Waals surface area contributed by atoms with Crippen LogP contribution in [0.15, 0.2) is 29.2 Å². The Hall–Kier alpha value is -2.29. The maximum Gasteiger partial charge on any atom is 0.407 e.